The van der Waals surface area contributed by atoms with Gasteiger partial charge in [0.15, 0.2) is 0 Å². The van der Waals surface area contributed by atoms with E-state index in [9.17, 15) is 9.59 Å². The van der Waals surface area contributed by atoms with Gasteiger partial charge in [0.05, 0.1) is 18.7 Å². The molecule has 2 aliphatic heterocycles. The van der Waals surface area contributed by atoms with Crippen LogP contribution in [0.2, 0.25) is 0 Å². The first kappa shape index (κ1) is 26.2. The zero-order valence-corrected chi connectivity index (χ0v) is 23.0. The van der Waals surface area contributed by atoms with Gasteiger partial charge in [-0.05, 0) is 72.7 Å². The third-order valence-corrected chi connectivity index (χ3v) is 9.16. The number of thiophene rings is 1. The minimum absolute atomic E-state index is 0.00458. The Balaban J connectivity index is 1.30. The summed E-state index contributed by atoms with van der Waals surface area (Å²) in [6.45, 7) is 6.79. The Morgan fingerprint density at radius 3 is 2.59 bits per heavy atom. The van der Waals surface area contributed by atoms with E-state index in [4.69, 9.17) is 9.47 Å². The lowest BCUT2D eigenvalue weighted by Gasteiger charge is -2.37. The Morgan fingerprint density at radius 1 is 1.11 bits per heavy atom. The van der Waals surface area contributed by atoms with Gasteiger partial charge in [0.1, 0.15) is 12.4 Å². The van der Waals surface area contributed by atoms with E-state index in [1.165, 1.54) is 16.0 Å². The molecule has 2 atom stereocenters. The van der Waals surface area contributed by atoms with Gasteiger partial charge >= 0.3 is 0 Å². The van der Waals surface area contributed by atoms with Crippen LogP contribution in [-0.2, 0) is 20.7 Å². The molecule has 0 bridgehead atoms. The highest BCUT2D eigenvalue weighted by Gasteiger charge is 2.36. The molecule has 0 spiro atoms. The van der Waals surface area contributed by atoms with Crippen molar-refractivity contribution < 1.29 is 19.1 Å². The van der Waals surface area contributed by atoms with Crippen molar-refractivity contribution in [2.45, 2.75) is 76.9 Å². The molecule has 1 saturated carbocycles. The van der Waals surface area contributed by atoms with Crippen molar-refractivity contribution in [2.24, 2.45) is 5.92 Å². The number of carbonyl (C=O) groups is 2. The summed E-state index contributed by atoms with van der Waals surface area (Å²) in [6.07, 6.45) is 6.93. The molecule has 2 amide bonds. The highest BCUT2D eigenvalue weighted by molar-refractivity contribution is 7.10. The van der Waals surface area contributed by atoms with Gasteiger partial charge in [-0.1, -0.05) is 38.8 Å². The Morgan fingerprint density at radius 2 is 1.89 bits per heavy atom. The van der Waals surface area contributed by atoms with E-state index >= 15 is 0 Å². The van der Waals surface area contributed by atoms with Crippen LogP contribution in [0.4, 0.5) is 0 Å². The fraction of sp³-hybridized carbons (Fsp3) is 0.600. The monoisotopic (exact) mass is 524 g/mol. The molecule has 1 aromatic heterocycles. The maximum Gasteiger partial charge on any atom is 0.242 e. The first-order chi connectivity index (χ1) is 18.0. The number of nitrogens with zero attached hydrogens (tertiary/aromatic N) is 2. The van der Waals surface area contributed by atoms with Crippen molar-refractivity contribution >= 4 is 23.2 Å². The van der Waals surface area contributed by atoms with Crippen LogP contribution in [0.3, 0.4) is 0 Å². The van der Waals surface area contributed by atoms with Gasteiger partial charge in [0.2, 0.25) is 11.8 Å². The fourth-order valence-electron chi connectivity index (χ4n) is 5.95. The standard InChI is InChI=1S/C30H40N2O4S/c1-21(2)22-9-11-24(12-10-22)36-20-27-26-14-17-37-28(26)13-15-32(27)29(33)19-31(18-25-8-5-16-35-25)30(34)23-6-3-4-7-23/h9-12,14,17,21,23,25,27H,3-8,13,15-16,18-20H2,1-2H3. The van der Waals surface area contributed by atoms with Gasteiger partial charge in [0.25, 0.3) is 0 Å². The number of benzene rings is 1. The average molecular weight is 525 g/mol. The second kappa shape index (κ2) is 12.0. The molecule has 1 aliphatic carbocycles. The molecule has 0 radical (unpaired) electrons. The molecular formula is C30H40N2O4S. The molecule has 1 aromatic carbocycles. The predicted molar refractivity (Wildman–Crippen MR) is 146 cm³/mol. The molecule has 0 N–H and O–H groups in total. The van der Waals surface area contributed by atoms with E-state index in [-0.39, 0.29) is 36.4 Å². The van der Waals surface area contributed by atoms with Crippen molar-refractivity contribution in [3.8, 4) is 5.75 Å². The highest BCUT2D eigenvalue weighted by atomic mass is 32.1. The molecule has 3 heterocycles. The Kier molecular flexibility index (Phi) is 8.50. The lowest BCUT2D eigenvalue weighted by Crippen LogP contribution is -2.50. The first-order valence-corrected chi connectivity index (χ1v) is 14.9. The summed E-state index contributed by atoms with van der Waals surface area (Å²) in [5.74, 6) is 1.47. The van der Waals surface area contributed by atoms with Crippen molar-refractivity contribution in [3.05, 3.63) is 51.7 Å². The largest absolute Gasteiger partial charge is 0.491 e. The summed E-state index contributed by atoms with van der Waals surface area (Å²) in [6, 6.07) is 10.2. The lowest BCUT2D eigenvalue weighted by atomic mass is 10.00. The fourth-order valence-corrected chi connectivity index (χ4v) is 6.88. The SMILES string of the molecule is CC(C)c1ccc(OCC2c3ccsc3CCN2C(=O)CN(CC2CCCO2)C(=O)C2CCCC2)cc1. The molecule has 2 fully saturated rings. The molecule has 2 aromatic rings. The van der Waals surface area contributed by atoms with E-state index in [0.29, 0.717) is 25.6 Å². The molecule has 7 heteroatoms. The lowest BCUT2D eigenvalue weighted by molar-refractivity contribution is -0.146. The molecule has 37 heavy (non-hydrogen) atoms. The Labute approximate surface area is 224 Å². The maximum absolute atomic E-state index is 13.8. The number of carbonyl (C=O) groups excluding carboxylic acids is 2. The minimum Gasteiger partial charge on any atom is -0.491 e. The quantitative estimate of drug-likeness (QED) is 0.430. The van der Waals surface area contributed by atoms with Crippen LogP contribution >= 0.6 is 11.3 Å². The highest BCUT2D eigenvalue weighted by Crippen LogP contribution is 2.34. The minimum atomic E-state index is -0.154. The van der Waals surface area contributed by atoms with E-state index in [1.807, 2.05) is 17.0 Å². The smallest absolute Gasteiger partial charge is 0.242 e. The van der Waals surface area contributed by atoms with E-state index in [1.54, 1.807) is 16.2 Å². The Bertz CT molecular complexity index is 1050. The Hall–Kier alpha value is -2.38. The van der Waals surface area contributed by atoms with Crippen LogP contribution in [0.5, 0.6) is 5.75 Å². The second-order valence-corrected chi connectivity index (χ2v) is 12.0. The number of ether oxygens (including phenoxy) is 2. The van der Waals surface area contributed by atoms with E-state index in [2.05, 4.69) is 37.4 Å². The van der Waals surface area contributed by atoms with Gasteiger partial charge in [-0.15, -0.1) is 11.3 Å². The maximum atomic E-state index is 13.8. The van der Waals surface area contributed by atoms with Crippen LogP contribution in [0.15, 0.2) is 35.7 Å². The normalized spacial score (nSPS) is 21.9. The molecule has 200 valence electrons. The molecule has 3 aliphatic rings. The molecule has 1 saturated heterocycles. The molecule has 6 nitrogen and oxygen atoms in total. The van der Waals surface area contributed by atoms with Gasteiger partial charge in [-0.25, -0.2) is 0 Å². The molecule has 5 rings (SSSR count). The molecule has 2 unspecified atom stereocenters. The van der Waals surface area contributed by atoms with Crippen LogP contribution < -0.4 is 4.74 Å². The average Bonchev–Trinajstić information content (AvgIpc) is 3.69. The zero-order valence-electron chi connectivity index (χ0n) is 22.2. The number of fused-ring (bicyclic) bond motifs is 1. The van der Waals surface area contributed by atoms with Crippen LogP contribution in [0.25, 0.3) is 0 Å². The van der Waals surface area contributed by atoms with Gasteiger partial charge < -0.3 is 19.3 Å². The van der Waals surface area contributed by atoms with Crippen LogP contribution in [0, 0.1) is 5.92 Å². The van der Waals surface area contributed by atoms with E-state index < -0.39 is 0 Å². The summed E-state index contributed by atoms with van der Waals surface area (Å²) >= 11 is 1.75. The molecular weight excluding hydrogens is 484 g/mol. The van der Waals surface area contributed by atoms with Gasteiger partial charge in [-0.2, -0.15) is 0 Å². The topological polar surface area (TPSA) is 59.1 Å². The number of hydrogen-bond donors (Lipinski definition) is 0. The van der Waals surface area contributed by atoms with E-state index in [0.717, 1.165) is 57.3 Å². The van der Waals surface area contributed by atoms with Crippen molar-refractivity contribution in [3.63, 3.8) is 0 Å². The second-order valence-electron chi connectivity index (χ2n) is 11.0. The predicted octanol–water partition coefficient (Wildman–Crippen LogP) is 5.57. The van der Waals surface area contributed by atoms with Gasteiger partial charge in [-0.3, -0.25) is 9.59 Å². The summed E-state index contributed by atoms with van der Waals surface area (Å²) < 4.78 is 12.1. The van der Waals surface area contributed by atoms with Gasteiger partial charge in [0, 0.05) is 30.5 Å². The summed E-state index contributed by atoms with van der Waals surface area (Å²) in [4.78, 5) is 32.3. The summed E-state index contributed by atoms with van der Waals surface area (Å²) in [5.41, 5.74) is 2.46. The van der Waals surface area contributed by atoms with Crippen molar-refractivity contribution in [2.75, 3.05) is 32.8 Å². The van der Waals surface area contributed by atoms with Crippen LogP contribution in [-0.4, -0.2) is 60.6 Å². The summed E-state index contributed by atoms with van der Waals surface area (Å²) in [5, 5.41) is 2.11. The third-order valence-electron chi connectivity index (χ3n) is 8.16. The summed E-state index contributed by atoms with van der Waals surface area (Å²) in [7, 11) is 0. The zero-order chi connectivity index (χ0) is 25.8. The first-order valence-electron chi connectivity index (χ1n) is 14.0. The number of hydrogen-bond acceptors (Lipinski definition) is 5. The van der Waals surface area contributed by atoms with Crippen molar-refractivity contribution in [1.82, 2.24) is 9.80 Å². The van der Waals surface area contributed by atoms with Crippen LogP contribution in [0.1, 0.15) is 80.3 Å². The third kappa shape index (κ3) is 6.20. The number of amides is 2. The number of rotatable bonds is 9. The van der Waals surface area contributed by atoms with Crippen molar-refractivity contribution in [1.29, 1.82) is 0 Å².